The number of nitrogens with zero attached hydrogens (tertiary/aromatic N) is 3. The summed E-state index contributed by atoms with van der Waals surface area (Å²) >= 11 is 5.89. The van der Waals surface area contributed by atoms with Crippen molar-refractivity contribution >= 4 is 52.0 Å². The van der Waals surface area contributed by atoms with E-state index in [0.717, 1.165) is 22.0 Å². The smallest absolute Gasteiger partial charge is 0.271 e. The zero-order valence-electron chi connectivity index (χ0n) is 23.7. The van der Waals surface area contributed by atoms with Gasteiger partial charge in [-0.1, -0.05) is 54.1 Å². The van der Waals surface area contributed by atoms with E-state index >= 15 is 0 Å². The highest BCUT2D eigenvalue weighted by molar-refractivity contribution is 6.32. The molecule has 2 aliphatic rings. The first-order valence-corrected chi connectivity index (χ1v) is 14.6. The van der Waals surface area contributed by atoms with Crippen molar-refractivity contribution in [2.45, 2.75) is 18.4 Å². The lowest BCUT2D eigenvalue weighted by Gasteiger charge is -2.43. The molecule has 10 nitrogen and oxygen atoms in total. The molecule has 4 aromatic rings. The molecule has 44 heavy (non-hydrogen) atoms. The summed E-state index contributed by atoms with van der Waals surface area (Å²) in [4.78, 5) is 42.4. The van der Waals surface area contributed by atoms with Crippen molar-refractivity contribution in [3.8, 4) is 11.5 Å². The third kappa shape index (κ3) is 5.63. The molecule has 2 saturated heterocycles. The van der Waals surface area contributed by atoms with Gasteiger partial charge in [0.15, 0.2) is 6.61 Å². The van der Waals surface area contributed by atoms with Crippen LogP contribution in [0.3, 0.4) is 0 Å². The highest BCUT2D eigenvalue weighted by atomic mass is 35.5. The van der Waals surface area contributed by atoms with Crippen molar-refractivity contribution in [3.63, 3.8) is 0 Å². The number of benzene rings is 4. The van der Waals surface area contributed by atoms with Crippen LogP contribution in [0.25, 0.3) is 10.8 Å². The molecule has 0 unspecified atom stereocenters. The van der Waals surface area contributed by atoms with Gasteiger partial charge in [-0.2, -0.15) is 5.10 Å². The Hall–Kier alpha value is -5.09. The molecule has 6 rings (SSSR count). The van der Waals surface area contributed by atoms with Crippen LogP contribution in [0.1, 0.15) is 28.8 Å². The number of ether oxygens (including phenoxy) is 1. The minimum Gasteiger partial charge on any atom is -0.506 e. The Morgan fingerprint density at radius 3 is 2.48 bits per heavy atom. The van der Waals surface area contributed by atoms with Crippen LogP contribution in [0.5, 0.6) is 11.5 Å². The number of amides is 3. The molecule has 1 spiro atoms. The van der Waals surface area contributed by atoms with Gasteiger partial charge in [0.25, 0.3) is 11.8 Å². The van der Waals surface area contributed by atoms with Crippen molar-refractivity contribution in [1.82, 2.24) is 15.6 Å². The average molecular weight is 612 g/mol. The summed E-state index contributed by atoms with van der Waals surface area (Å²) in [6, 6.07) is 25.1. The van der Waals surface area contributed by atoms with Gasteiger partial charge in [-0.3, -0.25) is 14.4 Å². The predicted octanol–water partition coefficient (Wildman–Crippen LogP) is 4.30. The minimum atomic E-state index is -0.664. The number of hydrazone groups is 1. The molecule has 3 N–H and O–H groups in total. The number of carbonyl (C=O) groups excluding carboxylic acids is 3. The zero-order chi connectivity index (χ0) is 30.7. The van der Waals surface area contributed by atoms with E-state index in [4.69, 9.17) is 16.3 Å². The molecular formula is C33H30ClN5O5. The van der Waals surface area contributed by atoms with Crippen LogP contribution in [-0.4, -0.2) is 65.8 Å². The van der Waals surface area contributed by atoms with Crippen LogP contribution < -0.4 is 20.4 Å². The highest BCUT2D eigenvalue weighted by Gasteiger charge is 2.50. The number of halogens is 1. The Balaban J connectivity index is 1.09. The van der Waals surface area contributed by atoms with Crippen LogP contribution in [0.15, 0.2) is 90.0 Å². The molecule has 224 valence electrons. The number of carbonyl (C=O) groups is 3. The number of anilines is 1. The number of rotatable bonds is 7. The number of piperidine rings is 1. The summed E-state index contributed by atoms with van der Waals surface area (Å²) in [6.07, 6.45) is 2.60. The van der Waals surface area contributed by atoms with Crippen molar-refractivity contribution < 1.29 is 24.2 Å². The number of likely N-dealkylation sites (tertiary alicyclic amines) is 1. The first kappa shape index (κ1) is 29.0. The van der Waals surface area contributed by atoms with E-state index in [2.05, 4.69) is 20.7 Å². The summed E-state index contributed by atoms with van der Waals surface area (Å²) in [5, 5.41) is 18.3. The number of hydrogen-bond acceptors (Lipinski definition) is 7. The molecule has 4 aromatic carbocycles. The van der Waals surface area contributed by atoms with E-state index in [-0.39, 0.29) is 34.8 Å². The lowest BCUT2D eigenvalue weighted by Crippen LogP contribution is -2.57. The fourth-order valence-electron chi connectivity index (χ4n) is 5.80. The summed E-state index contributed by atoms with van der Waals surface area (Å²) in [5.74, 6) is -0.177. The lowest BCUT2D eigenvalue weighted by molar-refractivity contribution is -0.137. The quantitative estimate of drug-likeness (QED) is 0.212. The number of hydrogen-bond donors (Lipinski definition) is 3. The van der Waals surface area contributed by atoms with Gasteiger partial charge in [0.05, 0.1) is 17.9 Å². The second-order valence-corrected chi connectivity index (χ2v) is 11.1. The molecular weight excluding hydrogens is 582 g/mol. The SMILES string of the molecule is O=C(N/N=C/c1ccc(OCC(=O)N2CCC3(CC2)C(=O)NCN3c2ccccc2)c2ccccc12)c1ccc(O)c(Cl)c1. The first-order valence-electron chi connectivity index (χ1n) is 14.2. The molecule has 0 aromatic heterocycles. The molecule has 0 aliphatic carbocycles. The van der Waals surface area contributed by atoms with E-state index < -0.39 is 11.4 Å². The van der Waals surface area contributed by atoms with Crippen LogP contribution in [0, 0.1) is 0 Å². The highest BCUT2D eigenvalue weighted by Crippen LogP contribution is 2.36. The van der Waals surface area contributed by atoms with E-state index in [1.165, 1.54) is 24.4 Å². The van der Waals surface area contributed by atoms with E-state index in [0.29, 0.717) is 38.3 Å². The van der Waals surface area contributed by atoms with Crippen molar-refractivity contribution in [2.24, 2.45) is 5.10 Å². The maximum atomic E-state index is 13.2. The van der Waals surface area contributed by atoms with Gasteiger partial charge in [0.2, 0.25) is 5.91 Å². The number of nitrogens with one attached hydrogen (secondary N) is 2. The lowest BCUT2D eigenvalue weighted by atomic mass is 9.85. The summed E-state index contributed by atoms with van der Waals surface area (Å²) in [6.45, 7) is 1.23. The van der Waals surface area contributed by atoms with Crippen LogP contribution in [0.2, 0.25) is 5.02 Å². The van der Waals surface area contributed by atoms with E-state index in [1.807, 2.05) is 54.6 Å². The van der Waals surface area contributed by atoms with Gasteiger partial charge in [0.1, 0.15) is 17.0 Å². The molecule has 0 bridgehead atoms. The molecule has 3 amide bonds. The second-order valence-electron chi connectivity index (χ2n) is 10.7. The fourth-order valence-corrected chi connectivity index (χ4v) is 5.98. The fraction of sp³-hybridized carbons (Fsp3) is 0.212. The Morgan fingerprint density at radius 2 is 1.73 bits per heavy atom. The van der Waals surface area contributed by atoms with Gasteiger partial charge in [-0.25, -0.2) is 5.43 Å². The Kier molecular flexibility index (Phi) is 8.08. The van der Waals surface area contributed by atoms with Crippen LogP contribution in [-0.2, 0) is 9.59 Å². The third-order valence-corrected chi connectivity index (χ3v) is 8.50. The normalized spacial score (nSPS) is 16.0. The van der Waals surface area contributed by atoms with Gasteiger partial charge < -0.3 is 25.0 Å². The van der Waals surface area contributed by atoms with Crippen LogP contribution >= 0.6 is 11.6 Å². The van der Waals surface area contributed by atoms with Crippen LogP contribution in [0.4, 0.5) is 5.69 Å². The van der Waals surface area contributed by atoms with E-state index in [1.54, 1.807) is 17.0 Å². The monoisotopic (exact) mass is 611 g/mol. The number of phenols is 1. The molecule has 0 atom stereocenters. The molecule has 2 aliphatic heterocycles. The summed E-state index contributed by atoms with van der Waals surface area (Å²) in [7, 11) is 0. The number of aromatic hydroxyl groups is 1. The Morgan fingerprint density at radius 1 is 1.00 bits per heavy atom. The predicted molar refractivity (Wildman–Crippen MR) is 168 cm³/mol. The second kappa shape index (κ2) is 12.3. The standard InChI is InChI=1S/C33H30ClN5O5/c34-27-18-22(10-12-28(27)40)31(42)37-36-19-23-11-13-29(26-9-5-4-8-25(23)26)44-20-30(41)38-16-14-33(15-17-38)32(43)35-21-39(33)24-6-2-1-3-7-24/h1-13,18-19,40H,14-17,20-21H2,(H,35,43)(H,37,42)/b36-19+. The molecule has 2 fully saturated rings. The average Bonchev–Trinajstić information content (AvgIpc) is 3.36. The minimum absolute atomic E-state index is 0.00381. The number of fused-ring (bicyclic) bond motifs is 1. The molecule has 0 radical (unpaired) electrons. The Labute approximate surface area is 258 Å². The zero-order valence-corrected chi connectivity index (χ0v) is 24.5. The summed E-state index contributed by atoms with van der Waals surface area (Å²) < 4.78 is 6.01. The number of phenolic OH excluding ortho intramolecular Hbond substituents is 1. The van der Waals surface area contributed by atoms with Crippen molar-refractivity contribution in [2.75, 3.05) is 31.3 Å². The maximum absolute atomic E-state index is 13.2. The number of para-hydroxylation sites is 1. The van der Waals surface area contributed by atoms with Gasteiger partial charge in [-0.05, 0) is 60.7 Å². The Bertz CT molecular complexity index is 1750. The largest absolute Gasteiger partial charge is 0.506 e. The van der Waals surface area contributed by atoms with E-state index in [9.17, 15) is 19.5 Å². The topological polar surface area (TPSA) is 124 Å². The van der Waals surface area contributed by atoms with Crippen molar-refractivity contribution in [1.29, 1.82) is 0 Å². The third-order valence-electron chi connectivity index (χ3n) is 8.20. The van der Waals surface area contributed by atoms with Gasteiger partial charge in [0, 0.05) is 35.3 Å². The summed E-state index contributed by atoms with van der Waals surface area (Å²) in [5.41, 5.74) is 3.78. The van der Waals surface area contributed by atoms with Gasteiger partial charge >= 0.3 is 0 Å². The molecule has 0 saturated carbocycles. The molecule has 11 heteroatoms. The molecule has 2 heterocycles. The first-order chi connectivity index (χ1) is 21.4. The van der Waals surface area contributed by atoms with Gasteiger partial charge in [-0.15, -0.1) is 0 Å². The maximum Gasteiger partial charge on any atom is 0.271 e. The van der Waals surface area contributed by atoms with Crippen molar-refractivity contribution in [3.05, 3.63) is 101 Å².